The Morgan fingerprint density at radius 2 is 1.00 bits per heavy atom. The van der Waals surface area contributed by atoms with Gasteiger partial charge in [0, 0.05) is 63.0 Å². The molecule has 22 valence electrons. The van der Waals surface area contributed by atoms with Crippen LogP contribution in [0.2, 0.25) is 0 Å². The van der Waals surface area contributed by atoms with Gasteiger partial charge in [0.05, 0.1) is 0 Å². The van der Waals surface area contributed by atoms with E-state index >= 15 is 0 Å². The SMILES string of the molecule is [Al].[Cu].[Ge].[Si]. The molecule has 0 aliphatic carbocycles. The summed E-state index contributed by atoms with van der Waals surface area (Å²) in [6.45, 7) is 0. The van der Waals surface area contributed by atoms with Crippen LogP contribution in [0.3, 0.4) is 0 Å². The molecule has 0 saturated carbocycles. The molecule has 0 aromatic rings. The first-order valence-electron chi connectivity index (χ1n) is 0. The molecule has 0 spiro atoms. The van der Waals surface area contributed by atoms with Crippen molar-refractivity contribution in [1.29, 1.82) is 0 Å². The summed E-state index contributed by atoms with van der Waals surface area (Å²) >= 11 is 0. The van der Waals surface area contributed by atoms with Crippen LogP contribution in [0.15, 0.2) is 0 Å². The van der Waals surface area contributed by atoms with Gasteiger partial charge in [-0.3, -0.25) is 0 Å². The summed E-state index contributed by atoms with van der Waals surface area (Å²) in [5.74, 6) is 0. The standard InChI is InChI=1S/Al.Cu.Ge.Si. The molecule has 0 aliphatic rings. The summed E-state index contributed by atoms with van der Waals surface area (Å²) in [4.78, 5) is 0. The first-order chi connectivity index (χ1) is 0. The van der Waals surface area contributed by atoms with Crippen molar-refractivity contribution in [3.8, 4) is 0 Å². The van der Waals surface area contributed by atoms with E-state index in [0.29, 0.717) is 0 Å². The van der Waals surface area contributed by atoms with E-state index in [2.05, 4.69) is 0 Å². The minimum absolute atomic E-state index is 0. The average Bonchev–Trinajstić information content (AvgIpc) is 0. The molecule has 12 radical (unpaired) electrons. The van der Waals surface area contributed by atoms with Gasteiger partial charge in [-0.2, -0.15) is 0 Å². The van der Waals surface area contributed by atoms with Crippen molar-refractivity contribution in [3.05, 3.63) is 0 Å². The van der Waals surface area contributed by atoms with Crippen LogP contribution >= 0.6 is 0 Å². The van der Waals surface area contributed by atoms with Crippen molar-refractivity contribution >= 4 is 45.9 Å². The summed E-state index contributed by atoms with van der Waals surface area (Å²) in [7, 11) is 0. The van der Waals surface area contributed by atoms with E-state index in [1.807, 2.05) is 0 Å². The number of hydrogen-bond acceptors (Lipinski definition) is 0. The fraction of sp³-hybridized carbons (Fsp3) is 0. The third kappa shape index (κ3) is 9.18. The predicted octanol–water partition coefficient (Wildman–Crippen LogP) is -1.14. The van der Waals surface area contributed by atoms with Crippen molar-refractivity contribution in [2.24, 2.45) is 0 Å². The molecule has 0 bridgehead atoms. The molecular weight excluding hydrogens is 191 g/mol. The van der Waals surface area contributed by atoms with Gasteiger partial charge in [-0.25, -0.2) is 0 Å². The molecule has 0 aromatic carbocycles. The van der Waals surface area contributed by atoms with Crippen LogP contribution in [0.4, 0.5) is 0 Å². The minimum Gasteiger partial charge on any atom is 0 e. The van der Waals surface area contributed by atoms with Crippen molar-refractivity contribution in [1.82, 2.24) is 0 Å². The van der Waals surface area contributed by atoms with Crippen LogP contribution in [-0.4, -0.2) is 45.9 Å². The van der Waals surface area contributed by atoms with Gasteiger partial charge in [-0.05, 0) is 0 Å². The molecule has 0 aromatic heterocycles. The molecule has 0 saturated heterocycles. The van der Waals surface area contributed by atoms with Gasteiger partial charge in [-0.15, -0.1) is 0 Å². The Bertz CT molecular complexity index is 8.00. The van der Waals surface area contributed by atoms with Gasteiger partial charge in [0.25, 0.3) is 0 Å². The Morgan fingerprint density at radius 1 is 1.00 bits per heavy atom. The van der Waals surface area contributed by atoms with Crippen LogP contribution in [0.1, 0.15) is 0 Å². The van der Waals surface area contributed by atoms with Gasteiger partial charge < -0.3 is 0 Å². The second-order valence-corrected chi connectivity index (χ2v) is 0. The molecule has 0 rings (SSSR count). The van der Waals surface area contributed by atoms with Crippen LogP contribution in [0, 0.1) is 0 Å². The predicted molar refractivity (Wildman–Crippen MR) is 17.3 cm³/mol. The molecule has 0 heterocycles. The maximum absolute atomic E-state index is 0. The molecule has 0 nitrogen and oxygen atoms in total. The quantitative estimate of drug-likeness (QED) is 0.424. The van der Waals surface area contributed by atoms with E-state index < -0.39 is 0 Å². The summed E-state index contributed by atoms with van der Waals surface area (Å²) < 4.78 is 0. The Balaban J connectivity index is 0. The van der Waals surface area contributed by atoms with Crippen molar-refractivity contribution in [3.63, 3.8) is 0 Å². The first kappa shape index (κ1) is 41.0. The Morgan fingerprint density at radius 3 is 1.00 bits per heavy atom. The van der Waals surface area contributed by atoms with Gasteiger partial charge >= 0.3 is 0 Å². The normalized spacial score (nSPS) is 0. The van der Waals surface area contributed by atoms with Crippen LogP contribution in [0.25, 0.3) is 0 Å². The average molecular weight is 191 g/mol. The molecule has 0 atom stereocenters. The number of rotatable bonds is 0. The van der Waals surface area contributed by atoms with Gasteiger partial charge in [0.15, 0.2) is 0 Å². The first-order valence-corrected chi connectivity index (χ1v) is 0. The minimum atomic E-state index is 0. The maximum Gasteiger partial charge on any atom is 0 e. The van der Waals surface area contributed by atoms with E-state index in [0.717, 1.165) is 0 Å². The van der Waals surface area contributed by atoms with E-state index in [1.165, 1.54) is 0 Å². The summed E-state index contributed by atoms with van der Waals surface area (Å²) in [5.41, 5.74) is 0. The Kier molecular flexibility index (Phi) is 218. The van der Waals surface area contributed by atoms with Crippen molar-refractivity contribution in [2.75, 3.05) is 0 Å². The maximum atomic E-state index is 0. The molecule has 0 fully saturated rings. The van der Waals surface area contributed by atoms with Crippen molar-refractivity contribution < 1.29 is 17.1 Å². The zero-order chi connectivity index (χ0) is 0. The second kappa shape index (κ2) is 21.3. The van der Waals surface area contributed by atoms with Crippen LogP contribution in [-0.2, 0) is 17.1 Å². The molecule has 0 aliphatic heterocycles. The third-order valence-electron chi connectivity index (χ3n) is 0. The van der Waals surface area contributed by atoms with E-state index in [4.69, 9.17) is 0 Å². The largest absolute Gasteiger partial charge is 0 e. The monoisotopic (exact) mass is 192 g/mol. The summed E-state index contributed by atoms with van der Waals surface area (Å²) in [5, 5.41) is 0. The second-order valence-electron chi connectivity index (χ2n) is 0. The molecule has 4 heteroatoms. The third-order valence-corrected chi connectivity index (χ3v) is 0. The van der Waals surface area contributed by atoms with Gasteiger partial charge in [0.1, 0.15) is 0 Å². The van der Waals surface area contributed by atoms with Crippen LogP contribution < -0.4 is 0 Å². The number of hydrogen-bond donors (Lipinski definition) is 0. The summed E-state index contributed by atoms with van der Waals surface area (Å²) in [6, 6.07) is 0. The van der Waals surface area contributed by atoms with Gasteiger partial charge in [-0.1, -0.05) is 0 Å². The van der Waals surface area contributed by atoms with Crippen LogP contribution in [0.5, 0.6) is 0 Å². The Hall–Kier alpha value is 1.81. The molecule has 0 amide bonds. The van der Waals surface area contributed by atoms with E-state index in [9.17, 15) is 0 Å². The molecular formula is AlCuGeSi. The fourth-order valence-corrected chi connectivity index (χ4v) is 0. The summed E-state index contributed by atoms with van der Waals surface area (Å²) in [6.07, 6.45) is 0. The smallest absolute Gasteiger partial charge is 0 e. The zero-order valence-electron chi connectivity index (χ0n) is 1.88. The Labute approximate surface area is 62.7 Å². The topological polar surface area (TPSA) is 0 Å². The zero-order valence-corrected chi connectivity index (χ0v) is 7.07. The molecule has 0 unspecified atom stereocenters. The fourth-order valence-electron chi connectivity index (χ4n) is 0. The molecule has 0 N–H and O–H groups in total. The van der Waals surface area contributed by atoms with Gasteiger partial charge in [0.2, 0.25) is 0 Å². The molecule has 4 heavy (non-hydrogen) atoms. The van der Waals surface area contributed by atoms with E-state index in [1.54, 1.807) is 0 Å². The van der Waals surface area contributed by atoms with E-state index in [-0.39, 0.29) is 63.0 Å². The van der Waals surface area contributed by atoms with Crippen molar-refractivity contribution in [2.45, 2.75) is 0 Å².